The number of hydrogen-bond acceptors (Lipinski definition) is 3. The molecule has 0 amide bonds. The standard InChI is InChI=1S/C18H27N3O2/c1-12-4-6-14(7-5-12)22-13(2)11-20-18(19-3)21-16-10-15-8-9-17(16)23-15/h4-7,13,15-17H,8-11H2,1-3H3,(H2,19,20,21). The van der Waals surface area contributed by atoms with Crippen LogP contribution in [0.15, 0.2) is 29.3 Å². The Morgan fingerprint density at radius 2 is 2.13 bits per heavy atom. The predicted octanol–water partition coefficient (Wildman–Crippen LogP) is 2.25. The van der Waals surface area contributed by atoms with Gasteiger partial charge in [0, 0.05) is 7.05 Å². The van der Waals surface area contributed by atoms with Gasteiger partial charge in [-0.2, -0.15) is 0 Å². The second-order valence-corrected chi connectivity index (χ2v) is 6.56. The topological polar surface area (TPSA) is 54.9 Å². The minimum Gasteiger partial charge on any atom is -0.489 e. The zero-order valence-electron chi connectivity index (χ0n) is 14.2. The molecule has 4 atom stereocenters. The van der Waals surface area contributed by atoms with E-state index in [0.29, 0.717) is 24.8 Å². The molecule has 5 heteroatoms. The molecule has 1 aromatic rings. The van der Waals surface area contributed by atoms with Crippen molar-refractivity contribution in [3.05, 3.63) is 29.8 Å². The maximum absolute atomic E-state index is 5.91. The molecule has 2 N–H and O–H groups in total. The zero-order chi connectivity index (χ0) is 16.2. The number of aliphatic imine (C=N–C) groups is 1. The van der Waals surface area contributed by atoms with Crippen molar-refractivity contribution in [3.63, 3.8) is 0 Å². The highest BCUT2D eigenvalue weighted by molar-refractivity contribution is 5.80. The molecule has 2 aliphatic heterocycles. The van der Waals surface area contributed by atoms with E-state index in [9.17, 15) is 0 Å². The van der Waals surface area contributed by atoms with Gasteiger partial charge in [-0.25, -0.2) is 0 Å². The summed E-state index contributed by atoms with van der Waals surface area (Å²) >= 11 is 0. The Morgan fingerprint density at radius 3 is 2.74 bits per heavy atom. The molecule has 2 aliphatic rings. The highest BCUT2D eigenvalue weighted by Gasteiger charge is 2.41. The van der Waals surface area contributed by atoms with Gasteiger partial charge >= 0.3 is 0 Å². The lowest BCUT2D eigenvalue weighted by atomic mass is 9.96. The summed E-state index contributed by atoms with van der Waals surface area (Å²) in [7, 11) is 1.80. The molecule has 2 heterocycles. The summed E-state index contributed by atoms with van der Waals surface area (Å²) in [6.07, 6.45) is 4.30. The lowest BCUT2D eigenvalue weighted by molar-refractivity contribution is 0.0992. The minimum atomic E-state index is 0.0625. The van der Waals surface area contributed by atoms with Gasteiger partial charge in [0.1, 0.15) is 11.9 Å². The van der Waals surface area contributed by atoms with Crippen LogP contribution < -0.4 is 15.4 Å². The number of aryl methyl sites for hydroxylation is 1. The summed E-state index contributed by atoms with van der Waals surface area (Å²) in [6, 6.07) is 8.51. The Morgan fingerprint density at radius 1 is 1.35 bits per heavy atom. The number of nitrogens with zero attached hydrogens (tertiary/aromatic N) is 1. The third kappa shape index (κ3) is 4.16. The summed E-state index contributed by atoms with van der Waals surface area (Å²) in [4.78, 5) is 4.31. The first-order valence-electron chi connectivity index (χ1n) is 8.50. The first kappa shape index (κ1) is 16.1. The predicted molar refractivity (Wildman–Crippen MR) is 92.1 cm³/mol. The molecule has 0 spiro atoms. The molecule has 5 nitrogen and oxygen atoms in total. The Kier molecular flexibility index (Phi) is 5.06. The van der Waals surface area contributed by atoms with Gasteiger partial charge in [0.15, 0.2) is 5.96 Å². The van der Waals surface area contributed by atoms with Crippen molar-refractivity contribution in [2.75, 3.05) is 13.6 Å². The van der Waals surface area contributed by atoms with Crippen LogP contribution in [0.2, 0.25) is 0 Å². The van der Waals surface area contributed by atoms with Gasteiger partial charge in [0.2, 0.25) is 0 Å². The van der Waals surface area contributed by atoms with Gasteiger partial charge in [0.25, 0.3) is 0 Å². The van der Waals surface area contributed by atoms with Gasteiger partial charge < -0.3 is 20.1 Å². The highest BCUT2D eigenvalue weighted by atomic mass is 16.5. The fraction of sp³-hybridized carbons (Fsp3) is 0.611. The van der Waals surface area contributed by atoms with Crippen LogP contribution in [0.25, 0.3) is 0 Å². The van der Waals surface area contributed by atoms with Crippen LogP contribution in [0.4, 0.5) is 0 Å². The molecule has 4 unspecified atom stereocenters. The van der Waals surface area contributed by atoms with Crippen LogP contribution in [0.1, 0.15) is 31.7 Å². The number of guanidine groups is 1. The van der Waals surface area contributed by atoms with E-state index in [1.165, 1.54) is 12.0 Å². The molecule has 0 radical (unpaired) electrons. The molecular weight excluding hydrogens is 290 g/mol. The Balaban J connectivity index is 1.43. The zero-order valence-corrected chi connectivity index (χ0v) is 14.2. The first-order chi connectivity index (χ1) is 11.1. The van der Waals surface area contributed by atoms with Gasteiger partial charge in [-0.1, -0.05) is 17.7 Å². The summed E-state index contributed by atoms with van der Waals surface area (Å²) in [5.41, 5.74) is 1.24. The lowest BCUT2D eigenvalue weighted by Gasteiger charge is -2.23. The summed E-state index contributed by atoms with van der Waals surface area (Å²) < 4.78 is 11.8. The molecule has 0 aromatic heterocycles. The summed E-state index contributed by atoms with van der Waals surface area (Å²) in [5.74, 6) is 1.72. The number of hydrogen-bond donors (Lipinski definition) is 2. The molecule has 2 fully saturated rings. The molecule has 0 saturated carbocycles. The quantitative estimate of drug-likeness (QED) is 0.646. The van der Waals surface area contributed by atoms with E-state index < -0.39 is 0 Å². The largest absolute Gasteiger partial charge is 0.489 e. The van der Waals surface area contributed by atoms with Gasteiger partial charge in [0.05, 0.1) is 24.8 Å². The van der Waals surface area contributed by atoms with Crippen molar-refractivity contribution in [3.8, 4) is 5.75 Å². The van der Waals surface area contributed by atoms with E-state index in [1.54, 1.807) is 7.05 Å². The van der Waals surface area contributed by atoms with Gasteiger partial charge in [-0.05, 0) is 45.2 Å². The average Bonchev–Trinajstić information content (AvgIpc) is 3.16. The number of fused-ring (bicyclic) bond motifs is 2. The molecule has 2 bridgehead atoms. The normalized spacial score (nSPS) is 27.8. The van der Waals surface area contributed by atoms with Crippen molar-refractivity contribution >= 4 is 5.96 Å². The van der Waals surface area contributed by atoms with Crippen LogP contribution in [0.5, 0.6) is 5.75 Å². The SMILES string of the molecule is CN=C(NCC(C)Oc1ccc(C)cc1)NC1CC2CCC1O2. The number of ether oxygens (including phenoxy) is 2. The maximum Gasteiger partial charge on any atom is 0.191 e. The number of nitrogens with one attached hydrogen (secondary N) is 2. The Labute approximate surface area is 138 Å². The molecule has 3 rings (SSSR count). The van der Waals surface area contributed by atoms with Crippen molar-refractivity contribution in [1.82, 2.24) is 10.6 Å². The molecule has 1 aromatic carbocycles. The number of benzene rings is 1. The van der Waals surface area contributed by atoms with Crippen LogP contribution in [0.3, 0.4) is 0 Å². The highest BCUT2D eigenvalue weighted by Crippen LogP contribution is 2.34. The van der Waals surface area contributed by atoms with Gasteiger partial charge in [-0.15, -0.1) is 0 Å². The fourth-order valence-corrected chi connectivity index (χ4v) is 3.29. The van der Waals surface area contributed by atoms with E-state index in [-0.39, 0.29) is 6.10 Å². The smallest absolute Gasteiger partial charge is 0.191 e. The Hall–Kier alpha value is -1.75. The van der Waals surface area contributed by atoms with Crippen molar-refractivity contribution < 1.29 is 9.47 Å². The van der Waals surface area contributed by atoms with Crippen LogP contribution in [-0.2, 0) is 4.74 Å². The van der Waals surface area contributed by atoms with Crippen molar-refractivity contribution in [1.29, 1.82) is 0 Å². The number of rotatable bonds is 5. The van der Waals surface area contributed by atoms with E-state index in [2.05, 4.69) is 41.6 Å². The van der Waals surface area contributed by atoms with E-state index in [4.69, 9.17) is 9.47 Å². The first-order valence-corrected chi connectivity index (χ1v) is 8.50. The third-order valence-electron chi connectivity index (χ3n) is 4.57. The molecular formula is C18H27N3O2. The summed E-state index contributed by atoms with van der Waals surface area (Å²) in [5, 5.41) is 6.83. The lowest BCUT2D eigenvalue weighted by Crippen LogP contribution is -2.49. The molecule has 2 saturated heterocycles. The average molecular weight is 317 g/mol. The second-order valence-electron chi connectivity index (χ2n) is 6.56. The van der Waals surface area contributed by atoms with Crippen molar-refractivity contribution in [2.24, 2.45) is 4.99 Å². The minimum absolute atomic E-state index is 0.0625. The van der Waals surface area contributed by atoms with E-state index >= 15 is 0 Å². The molecule has 0 aliphatic carbocycles. The fourth-order valence-electron chi connectivity index (χ4n) is 3.29. The maximum atomic E-state index is 5.91. The molecule has 23 heavy (non-hydrogen) atoms. The summed E-state index contributed by atoms with van der Waals surface area (Å²) in [6.45, 7) is 4.83. The van der Waals surface area contributed by atoms with Crippen LogP contribution in [0, 0.1) is 6.92 Å². The van der Waals surface area contributed by atoms with E-state index in [0.717, 1.165) is 24.6 Å². The monoisotopic (exact) mass is 317 g/mol. The van der Waals surface area contributed by atoms with Crippen LogP contribution >= 0.6 is 0 Å². The van der Waals surface area contributed by atoms with Gasteiger partial charge in [-0.3, -0.25) is 4.99 Å². The molecule has 126 valence electrons. The Bertz CT molecular complexity index is 544. The van der Waals surface area contributed by atoms with E-state index in [1.807, 2.05) is 12.1 Å². The second kappa shape index (κ2) is 7.21. The van der Waals surface area contributed by atoms with Crippen molar-refractivity contribution in [2.45, 2.75) is 57.5 Å². The van der Waals surface area contributed by atoms with Crippen LogP contribution in [-0.4, -0.2) is 43.9 Å². The third-order valence-corrected chi connectivity index (χ3v) is 4.57.